The molecule has 0 unspecified atom stereocenters. The molecule has 0 N–H and O–H groups in total. The predicted octanol–water partition coefficient (Wildman–Crippen LogP) is 1.70. The molecule has 0 saturated heterocycles. The van der Waals surface area contributed by atoms with Crippen molar-refractivity contribution >= 4 is 23.7 Å². The van der Waals surface area contributed by atoms with Crippen LogP contribution in [0.25, 0.3) is 11.0 Å². The number of nitrogens with zero attached hydrogens (tertiary/aromatic N) is 4. The van der Waals surface area contributed by atoms with E-state index < -0.39 is 0 Å². The van der Waals surface area contributed by atoms with E-state index in [0.717, 1.165) is 11.0 Å². The molecule has 0 atom stereocenters. The summed E-state index contributed by atoms with van der Waals surface area (Å²) in [5.74, 6) is 0. The third-order valence-electron chi connectivity index (χ3n) is 1.86. The Morgan fingerprint density at radius 2 is 2.15 bits per heavy atom. The smallest absolute Gasteiger partial charge is 0.162 e. The quantitative estimate of drug-likeness (QED) is 0.555. The largest absolute Gasteiger partial charge is 0.245 e. The van der Waals surface area contributed by atoms with Gasteiger partial charge in [0.15, 0.2) is 5.65 Å². The van der Waals surface area contributed by atoms with Crippen LogP contribution in [-0.2, 0) is 0 Å². The lowest BCUT2D eigenvalue weighted by atomic mass is 10.4. The van der Waals surface area contributed by atoms with Gasteiger partial charge in [0.2, 0.25) is 0 Å². The van der Waals surface area contributed by atoms with E-state index in [0.29, 0.717) is 11.1 Å². The molecule has 0 bridgehead atoms. The number of rotatable bonds is 1. The molecule has 0 saturated carbocycles. The van der Waals surface area contributed by atoms with Crippen molar-refractivity contribution in [1.82, 2.24) is 19.7 Å². The molecule has 0 fully saturated rings. The van der Waals surface area contributed by atoms with Gasteiger partial charge in [0.1, 0.15) is 11.4 Å². The minimum Gasteiger partial charge on any atom is -0.245 e. The van der Waals surface area contributed by atoms with Crippen molar-refractivity contribution in [2.45, 2.75) is 24.9 Å². The Labute approximate surface area is 81.4 Å². The van der Waals surface area contributed by atoms with Crippen molar-refractivity contribution in [3.63, 3.8) is 0 Å². The number of thiol groups is 1. The average molecular weight is 194 g/mol. The average Bonchev–Trinajstić information content (AvgIpc) is 2.48. The second-order valence-corrected chi connectivity index (χ2v) is 3.54. The molecule has 0 aromatic carbocycles. The first-order chi connectivity index (χ1) is 6.20. The molecular formula is C8H10N4S. The van der Waals surface area contributed by atoms with E-state index in [4.69, 9.17) is 0 Å². The maximum absolute atomic E-state index is 4.23. The molecule has 0 aliphatic rings. The third kappa shape index (κ3) is 1.29. The van der Waals surface area contributed by atoms with Gasteiger partial charge in [0.25, 0.3) is 0 Å². The monoisotopic (exact) mass is 194 g/mol. The SMILES string of the molecule is CC(C)n1ncc2c(S)ncnc21. The molecule has 2 aromatic heterocycles. The van der Waals surface area contributed by atoms with Crippen LogP contribution in [0, 0.1) is 0 Å². The molecule has 0 spiro atoms. The van der Waals surface area contributed by atoms with E-state index in [1.807, 2.05) is 4.68 Å². The molecular weight excluding hydrogens is 184 g/mol. The number of aromatic nitrogens is 4. The van der Waals surface area contributed by atoms with E-state index in [1.54, 1.807) is 6.20 Å². The molecule has 5 heteroatoms. The summed E-state index contributed by atoms with van der Waals surface area (Å²) in [6.07, 6.45) is 3.25. The molecule has 4 nitrogen and oxygen atoms in total. The van der Waals surface area contributed by atoms with Gasteiger partial charge in [-0.25, -0.2) is 14.6 Å². The van der Waals surface area contributed by atoms with Gasteiger partial charge in [-0.2, -0.15) is 5.10 Å². The minimum absolute atomic E-state index is 0.306. The molecule has 2 aromatic rings. The maximum Gasteiger partial charge on any atom is 0.162 e. The van der Waals surface area contributed by atoms with Gasteiger partial charge < -0.3 is 0 Å². The summed E-state index contributed by atoms with van der Waals surface area (Å²) in [7, 11) is 0. The van der Waals surface area contributed by atoms with E-state index in [-0.39, 0.29) is 0 Å². The second-order valence-electron chi connectivity index (χ2n) is 3.12. The fourth-order valence-electron chi connectivity index (χ4n) is 1.23. The molecule has 13 heavy (non-hydrogen) atoms. The first-order valence-corrected chi connectivity index (χ1v) is 4.52. The molecule has 68 valence electrons. The van der Waals surface area contributed by atoms with Crippen molar-refractivity contribution in [2.24, 2.45) is 0 Å². The van der Waals surface area contributed by atoms with E-state index >= 15 is 0 Å². The summed E-state index contributed by atoms with van der Waals surface area (Å²) in [4.78, 5) is 8.14. The zero-order valence-electron chi connectivity index (χ0n) is 7.47. The fraction of sp³-hybridized carbons (Fsp3) is 0.375. The van der Waals surface area contributed by atoms with E-state index in [1.165, 1.54) is 6.33 Å². The van der Waals surface area contributed by atoms with Gasteiger partial charge in [-0.05, 0) is 13.8 Å². The van der Waals surface area contributed by atoms with Gasteiger partial charge in [-0.3, -0.25) is 0 Å². The lowest BCUT2D eigenvalue weighted by Crippen LogP contribution is -2.03. The number of hydrogen-bond donors (Lipinski definition) is 1. The Bertz CT molecular complexity index is 435. The summed E-state index contributed by atoms with van der Waals surface area (Å²) in [6.45, 7) is 4.12. The summed E-state index contributed by atoms with van der Waals surface area (Å²) >= 11 is 4.23. The lowest BCUT2D eigenvalue weighted by Gasteiger charge is -2.05. The van der Waals surface area contributed by atoms with Crippen molar-refractivity contribution in [2.75, 3.05) is 0 Å². The van der Waals surface area contributed by atoms with E-state index in [2.05, 4.69) is 41.5 Å². The maximum atomic E-state index is 4.23. The predicted molar refractivity (Wildman–Crippen MR) is 53.0 cm³/mol. The van der Waals surface area contributed by atoms with Crippen LogP contribution in [-0.4, -0.2) is 19.7 Å². The molecule has 2 heterocycles. The molecule has 0 aliphatic carbocycles. The van der Waals surface area contributed by atoms with Gasteiger partial charge in [-0.1, -0.05) is 0 Å². The molecule has 2 rings (SSSR count). The van der Waals surface area contributed by atoms with Gasteiger partial charge in [0, 0.05) is 6.04 Å². The first kappa shape index (κ1) is 8.50. The van der Waals surface area contributed by atoms with Crippen LogP contribution in [0.5, 0.6) is 0 Å². The standard InChI is InChI=1S/C8H10N4S/c1-5(2)12-7-6(3-11-12)8(13)10-4-9-7/h3-5H,1-2H3,(H,9,10,13). The van der Waals surface area contributed by atoms with Crippen molar-refractivity contribution in [1.29, 1.82) is 0 Å². The highest BCUT2D eigenvalue weighted by Gasteiger charge is 2.08. The van der Waals surface area contributed by atoms with Crippen molar-refractivity contribution in [3.8, 4) is 0 Å². The second kappa shape index (κ2) is 2.99. The first-order valence-electron chi connectivity index (χ1n) is 4.07. The molecule has 0 aliphatic heterocycles. The third-order valence-corrected chi connectivity index (χ3v) is 2.22. The van der Waals surface area contributed by atoms with Crippen LogP contribution in [0.4, 0.5) is 0 Å². The van der Waals surface area contributed by atoms with Crippen molar-refractivity contribution in [3.05, 3.63) is 12.5 Å². The highest BCUT2D eigenvalue weighted by atomic mass is 32.1. The van der Waals surface area contributed by atoms with E-state index in [9.17, 15) is 0 Å². The summed E-state index contributed by atoms with van der Waals surface area (Å²) in [5.41, 5.74) is 0.843. The Hall–Kier alpha value is -1.10. The van der Waals surface area contributed by atoms with Crippen LogP contribution in [0.1, 0.15) is 19.9 Å². The van der Waals surface area contributed by atoms with Crippen LogP contribution in [0.2, 0.25) is 0 Å². The van der Waals surface area contributed by atoms with Gasteiger partial charge in [0.05, 0.1) is 11.6 Å². The minimum atomic E-state index is 0.306. The normalized spacial score (nSPS) is 11.4. The molecule has 0 radical (unpaired) electrons. The fourth-order valence-corrected chi connectivity index (χ4v) is 1.44. The number of fused-ring (bicyclic) bond motifs is 1. The zero-order chi connectivity index (χ0) is 9.42. The Morgan fingerprint density at radius 3 is 2.85 bits per heavy atom. The van der Waals surface area contributed by atoms with Gasteiger partial charge in [-0.15, -0.1) is 12.6 Å². The highest BCUT2D eigenvalue weighted by Crippen LogP contribution is 2.19. The summed E-state index contributed by atoms with van der Waals surface area (Å²) in [6, 6.07) is 0.306. The number of hydrogen-bond acceptors (Lipinski definition) is 4. The highest BCUT2D eigenvalue weighted by molar-refractivity contribution is 7.80. The lowest BCUT2D eigenvalue weighted by molar-refractivity contribution is 0.546. The summed E-state index contributed by atoms with van der Waals surface area (Å²) < 4.78 is 1.86. The van der Waals surface area contributed by atoms with Crippen LogP contribution >= 0.6 is 12.6 Å². The van der Waals surface area contributed by atoms with Crippen LogP contribution in [0.3, 0.4) is 0 Å². The topological polar surface area (TPSA) is 43.6 Å². The Morgan fingerprint density at radius 1 is 1.38 bits per heavy atom. The Balaban J connectivity index is 2.75. The van der Waals surface area contributed by atoms with Gasteiger partial charge >= 0.3 is 0 Å². The Kier molecular flexibility index (Phi) is 1.95. The molecule has 0 amide bonds. The summed E-state index contributed by atoms with van der Waals surface area (Å²) in [5, 5.41) is 5.80. The van der Waals surface area contributed by atoms with Crippen LogP contribution in [0.15, 0.2) is 17.6 Å². The van der Waals surface area contributed by atoms with Crippen molar-refractivity contribution < 1.29 is 0 Å². The zero-order valence-corrected chi connectivity index (χ0v) is 8.36. The van der Waals surface area contributed by atoms with Crippen LogP contribution < -0.4 is 0 Å².